The molecule has 1 unspecified atom stereocenters. The van der Waals surface area contributed by atoms with Crippen LogP contribution in [-0.2, 0) is 9.59 Å². The Labute approximate surface area is 224 Å². The first-order valence-corrected chi connectivity index (χ1v) is 13.4. The van der Waals surface area contributed by atoms with Crippen LogP contribution in [0.2, 0.25) is 10.0 Å². The van der Waals surface area contributed by atoms with E-state index in [1.165, 1.54) is 0 Å². The van der Waals surface area contributed by atoms with Gasteiger partial charge in [-0.25, -0.2) is 0 Å². The van der Waals surface area contributed by atoms with E-state index in [1.54, 1.807) is 20.8 Å². The Morgan fingerprint density at radius 2 is 1.81 bits per heavy atom. The monoisotopic (exact) mass is 533 g/mol. The van der Waals surface area contributed by atoms with Crippen LogP contribution in [0.3, 0.4) is 0 Å². The van der Waals surface area contributed by atoms with Gasteiger partial charge in [-0.15, -0.1) is 0 Å². The van der Waals surface area contributed by atoms with Crippen molar-refractivity contribution in [3.05, 3.63) is 69.7 Å². The van der Waals surface area contributed by atoms with Crippen LogP contribution in [0.5, 0.6) is 0 Å². The minimum atomic E-state index is -1.06. The molecule has 1 aliphatic rings. The van der Waals surface area contributed by atoms with Crippen molar-refractivity contribution >= 4 is 35.1 Å². The minimum Gasteiger partial charge on any atom is -0.481 e. The lowest BCUT2D eigenvalue weighted by Gasteiger charge is -2.52. The molecule has 36 heavy (non-hydrogen) atoms. The van der Waals surface area contributed by atoms with Crippen LogP contribution in [0.4, 0.5) is 0 Å². The number of carbonyl (C=O) groups is 2. The molecule has 2 aromatic carbocycles. The number of hydrogen-bond acceptors (Lipinski definition) is 3. The van der Waals surface area contributed by atoms with Gasteiger partial charge in [-0.05, 0) is 81.3 Å². The molecule has 5 nitrogen and oxygen atoms in total. The zero-order chi connectivity index (χ0) is 26.7. The van der Waals surface area contributed by atoms with Gasteiger partial charge >= 0.3 is 5.97 Å². The molecule has 4 atom stereocenters. The van der Waals surface area contributed by atoms with Crippen molar-refractivity contribution in [3.8, 4) is 0 Å². The van der Waals surface area contributed by atoms with E-state index in [-0.39, 0.29) is 30.3 Å². The Morgan fingerprint density at radius 1 is 1.14 bits per heavy atom. The molecule has 1 heterocycles. The maximum Gasteiger partial charge on any atom is 0.304 e. The van der Waals surface area contributed by atoms with E-state index >= 15 is 0 Å². The number of nitrogens with zero attached hydrogens (tertiary/aromatic N) is 1. The van der Waals surface area contributed by atoms with Crippen molar-refractivity contribution in [2.75, 3.05) is 0 Å². The van der Waals surface area contributed by atoms with Crippen molar-refractivity contribution < 1.29 is 19.8 Å². The molecule has 0 saturated carbocycles. The largest absolute Gasteiger partial charge is 0.481 e. The molecule has 0 radical (unpaired) electrons. The second kappa shape index (κ2) is 11.5. The number of aliphatic hydroxyl groups is 1. The molecule has 0 bridgehead atoms. The highest BCUT2D eigenvalue weighted by atomic mass is 35.5. The number of piperidine rings is 1. The van der Waals surface area contributed by atoms with Gasteiger partial charge in [-0.2, -0.15) is 0 Å². The van der Waals surface area contributed by atoms with Gasteiger partial charge in [0.25, 0.3) is 0 Å². The third-order valence-corrected chi connectivity index (χ3v) is 7.81. The SMILES string of the molecule is CCC(CCCC(C)(C)O)N1C(=O)[C@@](C)(CC(=O)O)C[C@H](c2cccc(Cl)c2)[C@H]1c1ccc(Cl)cc1. The van der Waals surface area contributed by atoms with Crippen LogP contribution in [0.1, 0.15) is 89.3 Å². The first kappa shape index (κ1) is 28.5. The standard InChI is InChI=1S/C29H37Cl2NO4/c1-5-23(10-7-15-28(2,3)36)32-26(19-11-13-21(30)14-12-19)24(20-8-6-9-22(31)16-20)17-29(4,27(32)35)18-25(33)34/h6,8-9,11-14,16,23-24,26,36H,5,7,10,15,17-18H2,1-4H3,(H,33,34)/t23?,24-,26-,29-/m1/s1. The second-order valence-electron chi connectivity index (χ2n) is 11.0. The van der Waals surface area contributed by atoms with Crippen molar-refractivity contribution in [1.29, 1.82) is 0 Å². The zero-order valence-electron chi connectivity index (χ0n) is 21.5. The summed E-state index contributed by atoms with van der Waals surface area (Å²) in [6.45, 7) is 7.40. The fraction of sp³-hybridized carbons (Fsp3) is 0.517. The number of carboxylic acids is 1. The van der Waals surface area contributed by atoms with E-state index in [4.69, 9.17) is 23.2 Å². The number of carbonyl (C=O) groups excluding carboxylic acids is 1. The number of rotatable bonds is 10. The van der Waals surface area contributed by atoms with Crippen molar-refractivity contribution in [1.82, 2.24) is 4.90 Å². The van der Waals surface area contributed by atoms with Crippen LogP contribution in [0, 0.1) is 5.41 Å². The molecule has 3 rings (SSSR count). The summed E-state index contributed by atoms with van der Waals surface area (Å²) < 4.78 is 0. The van der Waals surface area contributed by atoms with Crippen molar-refractivity contribution in [2.45, 2.75) is 89.8 Å². The summed E-state index contributed by atoms with van der Waals surface area (Å²) in [4.78, 5) is 28.0. The number of benzene rings is 2. The topological polar surface area (TPSA) is 77.8 Å². The Bertz CT molecular complexity index is 1070. The Morgan fingerprint density at radius 3 is 2.36 bits per heavy atom. The summed E-state index contributed by atoms with van der Waals surface area (Å²) in [7, 11) is 0. The maximum atomic E-state index is 14.2. The molecule has 2 aromatic rings. The Balaban J connectivity index is 2.15. The number of amides is 1. The fourth-order valence-corrected chi connectivity index (χ4v) is 5.92. The first-order chi connectivity index (χ1) is 16.8. The highest BCUT2D eigenvalue weighted by Gasteiger charge is 2.52. The van der Waals surface area contributed by atoms with Gasteiger partial charge in [0.2, 0.25) is 5.91 Å². The molecule has 1 fully saturated rings. The molecule has 1 amide bonds. The second-order valence-corrected chi connectivity index (χ2v) is 11.8. The molecule has 0 aromatic heterocycles. The average molecular weight is 535 g/mol. The number of halogens is 2. The van der Waals surface area contributed by atoms with Crippen LogP contribution >= 0.6 is 23.2 Å². The van der Waals surface area contributed by atoms with E-state index in [2.05, 4.69) is 6.92 Å². The summed E-state index contributed by atoms with van der Waals surface area (Å²) in [5.74, 6) is -1.29. The van der Waals surface area contributed by atoms with Gasteiger partial charge in [0, 0.05) is 22.0 Å². The molecule has 0 spiro atoms. The van der Waals surface area contributed by atoms with Crippen molar-refractivity contribution in [3.63, 3.8) is 0 Å². The van der Waals surface area contributed by atoms with Crippen LogP contribution in [-0.4, -0.2) is 38.6 Å². The van der Waals surface area contributed by atoms with Gasteiger partial charge in [0.05, 0.1) is 23.5 Å². The van der Waals surface area contributed by atoms with Gasteiger partial charge in [0.1, 0.15) is 0 Å². The lowest BCUT2D eigenvalue weighted by Crippen LogP contribution is -2.56. The van der Waals surface area contributed by atoms with E-state index in [1.807, 2.05) is 53.4 Å². The molecule has 2 N–H and O–H groups in total. The third kappa shape index (κ3) is 6.81. The van der Waals surface area contributed by atoms with Gasteiger partial charge in [-0.3, -0.25) is 9.59 Å². The normalized spacial score (nSPS) is 23.5. The minimum absolute atomic E-state index is 0.115. The van der Waals surface area contributed by atoms with Gasteiger partial charge in [-0.1, -0.05) is 61.3 Å². The van der Waals surface area contributed by atoms with E-state index < -0.39 is 17.0 Å². The molecule has 196 valence electrons. The highest BCUT2D eigenvalue weighted by Crippen LogP contribution is 2.52. The summed E-state index contributed by atoms with van der Waals surface area (Å²) in [6.07, 6.45) is 2.93. The van der Waals surface area contributed by atoms with Crippen molar-refractivity contribution in [2.24, 2.45) is 5.41 Å². The zero-order valence-corrected chi connectivity index (χ0v) is 23.0. The average Bonchev–Trinajstić information content (AvgIpc) is 2.78. The van der Waals surface area contributed by atoms with E-state index in [0.29, 0.717) is 35.7 Å². The lowest BCUT2D eigenvalue weighted by atomic mass is 9.67. The molecule has 1 saturated heterocycles. The summed E-state index contributed by atoms with van der Waals surface area (Å²) >= 11 is 12.6. The number of likely N-dealkylation sites (tertiary alicyclic amines) is 1. The van der Waals surface area contributed by atoms with E-state index in [0.717, 1.165) is 17.5 Å². The Hall–Kier alpha value is -2.08. The molecular formula is C29H37Cl2NO4. The van der Waals surface area contributed by atoms with Gasteiger partial charge in [0.15, 0.2) is 0 Å². The third-order valence-electron chi connectivity index (χ3n) is 7.32. The Kier molecular flexibility index (Phi) is 9.13. The summed E-state index contributed by atoms with van der Waals surface area (Å²) in [5, 5.41) is 21.2. The fourth-order valence-electron chi connectivity index (χ4n) is 5.59. The maximum absolute atomic E-state index is 14.2. The summed E-state index contributed by atoms with van der Waals surface area (Å²) in [6, 6.07) is 14.8. The molecular weight excluding hydrogens is 497 g/mol. The predicted octanol–water partition coefficient (Wildman–Crippen LogP) is 7.25. The molecule has 1 aliphatic heterocycles. The van der Waals surface area contributed by atoms with Crippen LogP contribution in [0.25, 0.3) is 0 Å². The van der Waals surface area contributed by atoms with Gasteiger partial charge < -0.3 is 15.1 Å². The molecule has 0 aliphatic carbocycles. The molecule has 7 heteroatoms. The lowest BCUT2D eigenvalue weighted by molar-refractivity contribution is -0.160. The van der Waals surface area contributed by atoms with Crippen LogP contribution in [0.15, 0.2) is 48.5 Å². The number of aliphatic carboxylic acids is 1. The summed E-state index contributed by atoms with van der Waals surface area (Å²) in [5.41, 5.74) is 0.0748. The van der Waals surface area contributed by atoms with E-state index in [9.17, 15) is 19.8 Å². The number of carboxylic acid groups (broad SMARTS) is 1. The quantitative estimate of drug-likeness (QED) is 0.337. The smallest absolute Gasteiger partial charge is 0.304 e. The number of hydrogen-bond donors (Lipinski definition) is 2. The predicted molar refractivity (Wildman–Crippen MR) is 144 cm³/mol. The highest BCUT2D eigenvalue weighted by molar-refractivity contribution is 6.30. The first-order valence-electron chi connectivity index (χ1n) is 12.6. The van der Waals surface area contributed by atoms with Crippen LogP contribution < -0.4 is 0 Å².